The number of hydrogen-bond donors (Lipinski definition) is 1. The van der Waals surface area contributed by atoms with Crippen LogP contribution in [0.2, 0.25) is 0 Å². The van der Waals surface area contributed by atoms with Gasteiger partial charge in [0.05, 0.1) is 12.2 Å². The Morgan fingerprint density at radius 2 is 1.97 bits per heavy atom. The SMILES string of the molecule is COCC(=O)N[C@H]1C[C@@H](Cc2cc(CN3CCN(c4ccccc4)CC3)on2)C1(C)C. The van der Waals surface area contributed by atoms with E-state index >= 15 is 0 Å². The van der Waals surface area contributed by atoms with E-state index in [1.165, 1.54) is 5.69 Å². The Balaban J connectivity index is 1.24. The van der Waals surface area contributed by atoms with Crippen molar-refractivity contribution in [3.8, 4) is 0 Å². The minimum Gasteiger partial charge on any atom is -0.375 e. The van der Waals surface area contributed by atoms with Crippen molar-refractivity contribution in [1.29, 1.82) is 0 Å². The number of para-hydroxylation sites is 1. The summed E-state index contributed by atoms with van der Waals surface area (Å²) >= 11 is 0. The number of rotatable bonds is 8. The molecule has 0 unspecified atom stereocenters. The first-order valence-corrected chi connectivity index (χ1v) is 11.2. The third-order valence-corrected chi connectivity index (χ3v) is 7.02. The Morgan fingerprint density at radius 1 is 1.23 bits per heavy atom. The minimum atomic E-state index is -0.0462. The summed E-state index contributed by atoms with van der Waals surface area (Å²) in [5.74, 6) is 1.37. The molecule has 7 nitrogen and oxygen atoms in total. The van der Waals surface area contributed by atoms with Crippen molar-refractivity contribution < 1.29 is 14.1 Å². The van der Waals surface area contributed by atoms with Crippen LogP contribution < -0.4 is 10.2 Å². The van der Waals surface area contributed by atoms with Crippen molar-refractivity contribution in [2.75, 3.05) is 44.8 Å². The van der Waals surface area contributed by atoms with Crippen molar-refractivity contribution in [2.45, 2.75) is 39.3 Å². The summed E-state index contributed by atoms with van der Waals surface area (Å²) in [6.07, 6.45) is 1.85. The van der Waals surface area contributed by atoms with Crippen LogP contribution in [0.25, 0.3) is 0 Å². The van der Waals surface area contributed by atoms with Gasteiger partial charge in [0.25, 0.3) is 0 Å². The molecule has 1 aliphatic carbocycles. The lowest BCUT2D eigenvalue weighted by molar-refractivity contribution is -0.129. The van der Waals surface area contributed by atoms with E-state index in [1.807, 2.05) is 0 Å². The lowest BCUT2D eigenvalue weighted by atomic mass is 9.57. The Labute approximate surface area is 184 Å². The molecule has 0 spiro atoms. The molecular weight excluding hydrogens is 392 g/mol. The van der Waals surface area contributed by atoms with Crippen LogP contribution in [0.3, 0.4) is 0 Å². The number of methoxy groups -OCH3 is 1. The van der Waals surface area contributed by atoms with Crippen LogP contribution in [0.5, 0.6) is 0 Å². The lowest BCUT2D eigenvalue weighted by Crippen LogP contribution is -2.59. The van der Waals surface area contributed by atoms with Gasteiger partial charge in [-0.2, -0.15) is 0 Å². The third kappa shape index (κ3) is 5.10. The zero-order chi connectivity index (χ0) is 21.8. The van der Waals surface area contributed by atoms with Gasteiger partial charge in [0.2, 0.25) is 5.91 Å². The number of hydrogen-bond acceptors (Lipinski definition) is 6. The second-order valence-electron chi connectivity index (χ2n) is 9.39. The molecule has 1 aliphatic heterocycles. The molecule has 0 radical (unpaired) electrons. The third-order valence-electron chi connectivity index (χ3n) is 7.02. The molecule has 1 aromatic carbocycles. The molecule has 31 heavy (non-hydrogen) atoms. The monoisotopic (exact) mass is 426 g/mol. The molecule has 0 bridgehead atoms. The molecule has 2 aliphatic rings. The van der Waals surface area contributed by atoms with Gasteiger partial charge >= 0.3 is 0 Å². The van der Waals surface area contributed by atoms with Crippen LogP contribution >= 0.6 is 0 Å². The molecule has 1 amide bonds. The first kappa shape index (κ1) is 21.8. The molecule has 1 saturated heterocycles. The second kappa shape index (κ2) is 9.40. The first-order valence-electron chi connectivity index (χ1n) is 11.2. The van der Waals surface area contributed by atoms with E-state index in [9.17, 15) is 4.79 Å². The largest absolute Gasteiger partial charge is 0.375 e. The molecule has 1 saturated carbocycles. The van der Waals surface area contributed by atoms with Gasteiger partial charge < -0.3 is 19.5 Å². The van der Waals surface area contributed by atoms with Crippen molar-refractivity contribution in [3.05, 3.63) is 47.9 Å². The average molecular weight is 427 g/mol. The highest BCUT2D eigenvalue weighted by Crippen LogP contribution is 2.47. The minimum absolute atomic E-state index is 0.0380. The van der Waals surface area contributed by atoms with Gasteiger partial charge in [0, 0.05) is 51.1 Å². The fourth-order valence-corrected chi connectivity index (χ4v) is 4.78. The number of anilines is 1. The number of carbonyl (C=O) groups is 1. The molecular formula is C24H34N4O3. The molecule has 1 aromatic heterocycles. The molecule has 2 heterocycles. The molecule has 2 atom stereocenters. The van der Waals surface area contributed by atoms with Gasteiger partial charge in [-0.3, -0.25) is 9.69 Å². The quantitative estimate of drug-likeness (QED) is 0.700. The van der Waals surface area contributed by atoms with Gasteiger partial charge in [-0.1, -0.05) is 37.2 Å². The summed E-state index contributed by atoms with van der Waals surface area (Å²) < 4.78 is 10.6. The topological polar surface area (TPSA) is 70.8 Å². The molecule has 7 heteroatoms. The smallest absolute Gasteiger partial charge is 0.246 e. The number of nitrogens with one attached hydrogen (secondary N) is 1. The Bertz CT molecular complexity index is 859. The maximum Gasteiger partial charge on any atom is 0.246 e. The predicted octanol–water partition coefficient (Wildman–Crippen LogP) is 2.72. The molecule has 2 aromatic rings. The van der Waals surface area contributed by atoms with Crippen molar-refractivity contribution in [2.24, 2.45) is 11.3 Å². The van der Waals surface area contributed by atoms with Crippen LogP contribution in [0.15, 0.2) is 40.9 Å². The highest BCUT2D eigenvalue weighted by atomic mass is 16.5. The summed E-state index contributed by atoms with van der Waals surface area (Å²) in [7, 11) is 1.54. The van der Waals surface area contributed by atoms with E-state index in [0.29, 0.717) is 5.92 Å². The van der Waals surface area contributed by atoms with Crippen LogP contribution in [0.1, 0.15) is 31.7 Å². The number of ether oxygens (including phenoxy) is 1. The maximum absolute atomic E-state index is 11.8. The molecule has 4 rings (SSSR count). The van der Waals surface area contributed by atoms with Crippen LogP contribution in [0, 0.1) is 11.3 Å². The number of nitrogens with zero attached hydrogens (tertiary/aromatic N) is 3. The number of aromatic nitrogens is 1. The maximum atomic E-state index is 11.8. The highest BCUT2D eigenvalue weighted by Gasteiger charge is 2.48. The highest BCUT2D eigenvalue weighted by molar-refractivity contribution is 5.77. The van der Waals surface area contributed by atoms with Crippen LogP contribution in [0.4, 0.5) is 5.69 Å². The number of piperazine rings is 1. The zero-order valence-electron chi connectivity index (χ0n) is 18.8. The Kier molecular flexibility index (Phi) is 6.62. The fraction of sp³-hybridized carbons (Fsp3) is 0.583. The van der Waals surface area contributed by atoms with E-state index in [4.69, 9.17) is 9.26 Å². The van der Waals surface area contributed by atoms with Gasteiger partial charge in [0.1, 0.15) is 6.61 Å². The normalized spacial score (nSPS) is 23.4. The van der Waals surface area contributed by atoms with Crippen LogP contribution in [-0.2, 0) is 22.5 Å². The van der Waals surface area contributed by atoms with Gasteiger partial charge in [-0.25, -0.2) is 0 Å². The Morgan fingerprint density at radius 3 is 2.65 bits per heavy atom. The predicted molar refractivity (Wildman–Crippen MR) is 120 cm³/mol. The summed E-state index contributed by atoms with van der Waals surface area (Å²) in [4.78, 5) is 16.7. The zero-order valence-corrected chi connectivity index (χ0v) is 18.8. The van der Waals surface area contributed by atoms with E-state index < -0.39 is 0 Å². The van der Waals surface area contributed by atoms with Gasteiger partial charge in [-0.05, 0) is 36.3 Å². The van der Waals surface area contributed by atoms with Crippen molar-refractivity contribution >= 4 is 11.6 Å². The molecule has 2 fully saturated rings. The standard InChI is InChI=1S/C24H34N4O3/c1-24(2)18(14-22(24)25-23(29)17-30-3)13-19-15-21(31-26-19)16-27-9-11-28(12-10-27)20-7-5-4-6-8-20/h4-8,15,18,22H,9-14,16-17H2,1-3H3,(H,25,29)/t18-,22+/m1/s1. The van der Waals surface area contributed by atoms with Gasteiger partial charge in [0.15, 0.2) is 5.76 Å². The summed E-state index contributed by atoms with van der Waals surface area (Å²) in [5, 5.41) is 7.41. The summed E-state index contributed by atoms with van der Waals surface area (Å²) in [6.45, 7) is 9.43. The van der Waals surface area contributed by atoms with E-state index in [1.54, 1.807) is 7.11 Å². The number of amides is 1. The Hall–Kier alpha value is -2.38. The van der Waals surface area contributed by atoms with E-state index in [2.05, 4.69) is 70.5 Å². The fourth-order valence-electron chi connectivity index (χ4n) is 4.78. The first-order chi connectivity index (χ1) is 15.0. The number of carbonyl (C=O) groups excluding carboxylic acids is 1. The molecule has 1 N–H and O–H groups in total. The van der Waals surface area contributed by atoms with E-state index in [-0.39, 0.29) is 24.0 Å². The lowest BCUT2D eigenvalue weighted by Gasteiger charge is -2.52. The van der Waals surface area contributed by atoms with E-state index in [0.717, 1.165) is 57.0 Å². The van der Waals surface area contributed by atoms with Crippen LogP contribution in [-0.4, -0.2) is 61.9 Å². The summed E-state index contributed by atoms with van der Waals surface area (Å²) in [6, 6.07) is 12.9. The number of benzene rings is 1. The molecule has 168 valence electrons. The average Bonchev–Trinajstić information content (AvgIpc) is 3.21. The van der Waals surface area contributed by atoms with Crippen molar-refractivity contribution in [3.63, 3.8) is 0 Å². The summed E-state index contributed by atoms with van der Waals surface area (Å²) in [5.41, 5.74) is 2.35. The second-order valence-corrected chi connectivity index (χ2v) is 9.39. The van der Waals surface area contributed by atoms with Crippen molar-refractivity contribution in [1.82, 2.24) is 15.4 Å². The van der Waals surface area contributed by atoms with Gasteiger partial charge in [-0.15, -0.1) is 0 Å².